The first kappa shape index (κ1) is 9.00. The van der Waals surface area contributed by atoms with Gasteiger partial charge >= 0.3 is 0 Å². The van der Waals surface area contributed by atoms with Crippen LogP contribution in [0.15, 0.2) is 22.9 Å². The maximum absolute atomic E-state index is 4.11. The van der Waals surface area contributed by atoms with Crippen LogP contribution in [0.2, 0.25) is 0 Å². The van der Waals surface area contributed by atoms with Gasteiger partial charge in [-0.2, -0.15) is 0 Å². The van der Waals surface area contributed by atoms with E-state index in [-0.39, 0.29) is 0 Å². The summed E-state index contributed by atoms with van der Waals surface area (Å²) in [7, 11) is 0. The molecule has 1 aromatic rings. The highest BCUT2D eigenvalue weighted by Gasteiger charge is 2.24. The van der Waals surface area contributed by atoms with Crippen LogP contribution >= 0.6 is 15.9 Å². The number of nitrogens with one attached hydrogen (secondary N) is 1. The summed E-state index contributed by atoms with van der Waals surface area (Å²) >= 11 is 3.40. The highest BCUT2D eigenvalue weighted by molar-refractivity contribution is 9.10. The van der Waals surface area contributed by atoms with Crippen molar-refractivity contribution >= 4 is 21.6 Å². The summed E-state index contributed by atoms with van der Waals surface area (Å²) in [6, 6.07) is 2.72. The van der Waals surface area contributed by atoms with Gasteiger partial charge in [0, 0.05) is 16.7 Å². The van der Waals surface area contributed by atoms with Crippen LogP contribution in [0.4, 0.5) is 5.69 Å². The van der Waals surface area contributed by atoms with Gasteiger partial charge in [-0.3, -0.25) is 4.98 Å². The van der Waals surface area contributed by atoms with Gasteiger partial charge in [0.05, 0.1) is 11.9 Å². The summed E-state index contributed by atoms with van der Waals surface area (Å²) in [6.07, 6.45) is 6.24. The third-order valence-corrected chi connectivity index (χ3v) is 2.88. The molecule has 1 saturated carbocycles. The van der Waals surface area contributed by atoms with Crippen molar-refractivity contribution < 1.29 is 0 Å². The average molecular weight is 241 g/mol. The summed E-state index contributed by atoms with van der Waals surface area (Å²) in [5, 5.41) is 3.46. The Labute approximate surface area is 86.9 Å². The summed E-state index contributed by atoms with van der Waals surface area (Å²) < 4.78 is 1.03. The number of rotatable bonds is 2. The Morgan fingerprint density at radius 1 is 1.46 bits per heavy atom. The molecule has 1 aromatic heterocycles. The fourth-order valence-electron chi connectivity index (χ4n) is 1.75. The predicted molar refractivity (Wildman–Crippen MR) is 57.7 cm³/mol. The molecule has 2 rings (SSSR count). The largest absolute Gasteiger partial charge is 0.381 e. The van der Waals surface area contributed by atoms with Gasteiger partial charge < -0.3 is 5.32 Å². The number of hydrogen-bond donors (Lipinski definition) is 1. The molecule has 0 atom stereocenters. The molecule has 1 fully saturated rings. The van der Waals surface area contributed by atoms with Crippen molar-refractivity contribution in [1.82, 2.24) is 4.98 Å². The molecule has 0 aliphatic heterocycles. The predicted octanol–water partition coefficient (Wildman–Crippen LogP) is 3.05. The molecule has 1 N–H and O–H groups in total. The lowest BCUT2D eigenvalue weighted by molar-refractivity contribution is 0.309. The topological polar surface area (TPSA) is 24.9 Å². The van der Waals surface area contributed by atoms with Crippen LogP contribution in [0.25, 0.3) is 0 Å². The zero-order valence-corrected chi connectivity index (χ0v) is 9.21. The van der Waals surface area contributed by atoms with Crippen LogP contribution in [-0.4, -0.2) is 11.0 Å². The molecule has 0 aromatic carbocycles. The lowest BCUT2D eigenvalue weighted by Crippen LogP contribution is -2.33. The highest BCUT2D eigenvalue weighted by atomic mass is 79.9. The van der Waals surface area contributed by atoms with E-state index in [0.717, 1.165) is 16.1 Å². The van der Waals surface area contributed by atoms with E-state index in [0.29, 0.717) is 6.04 Å². The third kappa shape index (κ3) is 2.21. The van der Waals surface area contributed by atoms with Crippen LogP contribution in [0.1, 0.15) is 19.8 Å². The number of anilines is 1. The van der Waals surface area contributed by atoms with Gasteiger partial charge in [0.1, 0.15) is 0 Å². The zero-order chi connectivity index (χ0) is 9.26. The summed E-state index contributed by atoms with van der Waals surface area (Å²) in [6.45, 7) is 2.29. The third-order valence-electron chi connectivity index (χ3n) is 2.45. The fraction of sp³-hybridized carbons (Fsp3) is 0.500. The summed E-state index contributed by atoms with van der Waals surface area (Å²) in [5.74, 6) is 0.887. The van der Waals surface area contributed by atoms with Crippen LogP contribution < -0.4 is 5.32 Å². The molecule has 1 aliphatic rings. The molecule has 3 heteroatoms. The molecule has 0 radical (unpaired) electrons. The number of halogens is 1. The average Bonchev–Trinajstić information content (AvgIpc) is 2.01. The number of hydrogen-bond acceptors (Lipinski definition) is 2. The minimum absolute atomic E-state index is 0.658. The van der Waals surface area contributed by atoms with Crippen molar-refractivity contribution in [1.29, 1.82) is 0 Å². The molecule has 1 aliphatic carbocycles. The fourth-order valence-corrected chi connectivity index (χ4v) is 2.11. The highest BCUT2D eigenvalue weighted by Crippen LogP contribution is 2.29. The standard InChI is InChI=1S/C10H13BrN2/c1-7-2-9(3-7)13-10-4-8(11)5-12-6-10/h4-7,9,13H,2-3H2,1H3. The van der Waals surface area contributed by atoms with E-state index in [4.69, 9.17) is 0 Å². The monoisotopic (exact) mass is 240 g/mol. The van der Waals surface area contributed by atoms with E-state index in [1.807, 2.05) is 6.20 Å². The minimum atomic E-state index is 0.658. The van der Waals surface area contributed by atoms with Crippen LogP contribution in [-0.2, 0) is 0 Å². The lowest BCUT2D eigenvalue weighted by Gasteiger charge is -2.33. The molecule has 1 heterocycles. The number of nitrogens with zero attached hydrogens (tertiary/aromatic N) is 1. The maximum Gasteiger partial charge on any atom is 0.0540 e. The normalized spacial score (nSPS) is 26.6. The molecular weight excluding hydrogens is 228 g/mol. The van der Waals surface area contributed by atoms with Crippen LogP contribution in [0.3, 0.4) is 0 Å². The molecule has 0 amide bonds. The second-order valence-corrected chi connectivity index (χ2v) is 4.73. The Morgan fingerprint density at radius 3 is 2.85 bits per heavy atom. The molecule has 0 bridgehead atoms. The van der Waals surface area contributed by atoms with E-state index in [1.165, 1.54) is 12.8 Å². The first-order valence-corrected chi connectivity index (χ1v) is 5.40. The SMILES string of the molecule is CC1CC(Nc2cncc(Br)c2)C1. The summed E-state index contributed by atoms with van der Waals surface area (Å²) in [5.41, 5.74) is 1.12. The first-order valence-electron chi connectivity index (χ1n) is 4.61. The van der Waals surface area contributed by atoms with E-state index in [9.17, 15) is 0 Å². The molecule has 2 nitrogen and oxygen atoms in total. The molecular formula is C10H13BrN2. The Morgan fingerprint density at radius 2 is 2.23 bits per heavy atom. The van der Waals surface area contributed by atoms with Gasteiger partial charge in [-0.15, -0.1) is 0 Å². The summed E-state index contributed by atoms with van der Waals surface area (Å²) in [4.78, 5) is 4.11. The van der Waals surface area contributed by atoms with Crippen molar-refractivity contribution in [2.24, 2.45) is 5.92 Å². The van der Waals surface area contributed by atoms with Crippen LogP contribution in [0.5, 0.6) is 0 Å². The van der Waals surface area contributed by atoms with Gasteiger partial charge in [0.15, 0.2) is 0 Å². The van der Waals surface area contributed by atoms with Crippen LogP contribution in [0, 0.1) is 5.92 Å². The number of pyridine rings is 1. The molecule has 70 valence electrons. The van der Waals surface area contributed by atoms with Crippen molar-refractivity contribution in [3.05, 3.63) is 22.9 Å². The lowest BCUT2D eigenvalue weighted by atomic mass is 9.82. The minimum Gasteiger partial charge on any atom is -0.381 e. The second-order valence-electron chi connectivity index (χ2n) is 3.81. The number of aromatic nitrogens is 1. The van der Waals surface area contributed by atoms with Gasteiger partial charge in [0.2, 0.25) is 0 Å². The quantitative estimate of drug-likeness (QED) is 0.860. The molecule has 0 saturated heterocycles. The Kier molecular flexibility index (Phi) is 2.54. The van der Waals surface area contributed by atoms with Gasteiger partial charge in [-0.25, -0.2) is 0 Å². The molecule has 13 heavy (non-hydrogen) atoms. The van der Waals surface area contributed by atoms with E-state index < -0.39 is 0 Å². The van der Waals surface area contributed by atoms with E-state index >= 15 is 0 Å². The zero-order valence-electron chi connectivity index (χ0n) is 7.63. The van der Waals surface area contributed by atoms with Crippen molar-refractivity contribution in [3.63, 3.8) is 0 Å². The van der Waals surface area contributed by atoms with Gasteiger partial charge in [-0.05, 0) is 40.8 Å². The molecule has 0 spiro atoms. The van der Waals surface area contributed by atoms with Gasteiger partial charge in [0.25, 0.3) is 0 Å². The Balaban J connectivity index is 1.94. The van der Waals surface area contributed by atoms with Crippen molar-refractivity contribution in [3.8, 4) is 0 Å². The first-order chi connectivity index (χ1) is 6.24. The Hall–Kier alpha value is -0.570. The van der Waals surface area contributed by atoms with E-state index in [2.05, 4.69) is 39.2 Å². The van der Waals surface area contributed by atoms with Gasteiger partial charge in [-0.1, -0.05) is 6.92 Å². The van der Waals surface area contributed by atoms with Crippen molar-refractivity contribution in [2.45, 2.75) is 25.8 Å². The second kappa shape index (κ2) is 3.66. The van der Waals surface area contributed by atoms with Crippen molar-refractivity contribution in [2.75, 3.05) is 5.32 Å². The molecule has 0 unspecified atom stereocenters. The Bertz CT molecular complexity index is 295. The smallest absolute Gasteiger partial charge is 0.0540 e. The maximum atomic E-state index is 4.11. The van der Waals surface area contributed by atoms with E-state index in [1.54, 1.807) is 6.20 Å².